The van der Waals surface area contributed by atoms with Crippen LogP contribution in [0.4, 0.5) is 5.69 Å². The lowest BCUT2D eigenvalue weighted by Crippen LogP contribution is -2.16. The first-order chi connectivity index (χ1) is 13.6. The van der Waals surface area contributed by atoms with Gasteiger partial charge in [0.05, 0.1) is 65.1 Å². The van der Waals surface area contributed by atoms with Crippen LogP contribution in [0.25, 0.3) is 0 Å². The van der Waals surface area contributed by atoms with E-state index in [-0.39, 0.29) is 0 Å². The molecule has 0 heterocycles. The second-order valence-corrected chi connectivity index (χ2v) is 6.62. The van der Waals surface area contributed by atoms with E-state index in [9.17, 15) is 0 Å². The third-order valence-electron chi connectivity index (χ3n) is 3.90. The second-order valence-electron chi connectivity index (χ2n) is 6.62. The first-order valence-electron chi connectivity index (χ1n) is 9.77. The van der Waals surface area contributed by atoms with Crippen molar-refractivity contribution in [1.29, 1.82) is 0 Å². The third kappa shape index (κ3) is 10.8. The zero-order valence-electron chi connectivity index (χ0n) is 18.1. The Kier molecular flexibility index (Phi) is 13.7. The van der Waals surface area contributed by atoms with Gasteiger partial charge in [-0.3, -0.25) is 0 Å². The summed E-state index contributed by atoms with van der Waals surface area (Å²) in [6.07, 6.45) is 0. The molecule has 162 valence electrons. The lowest BCUT2D eigenvalue weighted by Gasteiger charge is -2.20. The lowest BCUT2D eigenvalue weighted by atomic mass is 10.1. The summed E-state index contributed by atoms with van der Waals surface area (Å²) >= 11 is 0. The first kappa shape index (κ1) is 24.7. The molecule has 0 bridgehead atoms. The summed E-state index contributed by atoms with van der Waals surface area (Å²) in [6, 6.07) is 4.26. The van der Waals surface area contributed by atoms with Gasteiger partial charge in [0.25, 0.3) is 0 Å². The molecule has 7 heteroatoms. The monoisotopic (exact) mass is 399 g/mol. The lowest BCUT2D eigenvalue weighted by molar-refractivity contribution is -0.00978. The molecule has 0 aliphatic carbocycles. The quantitative estimate of drug-likeness (QED) is 0.373. The molecule has 0 amide bonds. The van der Waals surface area contributed by atoms with E-state index in [0.29, 0.717) is 66.1 Å². The second kappa shape index (κ2) is 15.5. The molecule has 0 spiro atoms. The number of methoxy groups -OCH3 is 1. The van der Waals surface area contributed by atoms with Gasteiger partial charge in [-0.2, -0.15) is 0 Å². The van der Waals surface area contributed by atoms with Crippen molar-refractivity contribution in [1.82, 2.24) is 0 Å². The van der Waals surface area contributed by atoms with E-state index in [4.69, 9.17) is 28.4 Å². The number of anilines is 1. The van der Waals surface area contributed by atoms with E-state index >= 15 is 0 Å². The van der Waals surface area contributed by atoms with Crippen molar-refractivity contribution in [3.05, 3.63) is 23.3 Å². The average molecular weight is 400 g/mol. The maximum Gasteiger partial charge on any atom is 0.145 e. The molecule has 0 aliphatic heterocycles. The van der Waals surface area contributed by atoms with Gasteiger partial charge < -0.3 is 33.3 Å². The highest BCUT2D eigenvalue weighted by Gasteiger charge is 2.10. The highest BCUT2D eigenvalue weighted by atomic mass is 16.6. The summed E-state index contributed by atoms with van der Waals surface area (Å²) in [4.78, 5) is 2.07. The van der Waals surface area contributed by atoms with E-state index < -0.39 is 0 Å². The largest absolute Gasteiger partial charge is 0.489 e. The van der Waals surface area contributed by atoms with Crippen LogP contribution in [0.2, 0.25) is 0 Å². The molecule has 0 aliphatic rings. The van der Waals surface area contributed by atoms with Crippen molar-refractivity contribution in [2.45, 2.75) is 13.8 Å². The molecule has 0 radical (unpaired) electrons. The molecule has 0 N–H and O–H groups in total. The van der Waals surface area contributed by atoms with E-state index in [0.717, 1.165) is 17.0 Å². The summed E-state index contributed by atoms with van der Waals surface area (Å²) in [5, 5.41) is 0. The molecule has 1 aromatic carbocycles. The highest BCUT2D eigenvalue weighted by molar-refractivity contribution is 5.62. The molecule has 0 saturated heterocycles. The predicted octanol–water partition coefficient (Wildman–Crippen LogP) is 2.46. The fourth-order valence-corrected chi connectivity index (χ4v) is 2.56. The summed E-state index contributed by atoms with van der Waals surface area (Å²) in [5.41, 5.74) is 3.45. The Morgan fingerprint density at radius 1 is 0.679 bits per heavy atom. The molecule has 0 aromatic heterocycles. The Morgan fingerprint density at radius 2 is 1.14 bits per heavy atom. The van der Waals surface area contributed by atoms with Crippen LogP contribution in [0.3, 0.4) is 0 Å². The fourth-order valence-electron chi connectivity index (χ4n) is 2.56. The van der Waals surface area contributed by atoms with Crippen LogP contribution in [0, 0.1) is 13.8 Å². The van der Waals surface area contributed by atoms with Crippen molar-refractivity contribution in [2.24, 2.45) is 0 Å². The first-order valence-corrected chi connectivity index (χ1v) is 9.77. The van der Waals surface area contributed by atoms with Crippen LogP contribution in [0.1, 0.15) is 11.1 Å². The molecule has 28 heavy (non-hydrogen) atoms. The zero-order chi connectivity index (χ0) is 20.6. The Bertz CT molecular complexity index is 524. The Hall–Kier alpha value is -1.38. The molecule has 1 rings (SSSR count). The minimum Gasteiger partial charge on any atom is -0.489 e. The van der Waals surface area contributed by atoms with Gasteiger partial charge in [0.2, 0.25) is 0 Å². The molecular formula is C21H37NO6. The van der Waals surface area contributed by atoms with Gasteiger partial charge in [-0.25, -0.2) is 0 Å². The Morgan fingerprint density at radius 3 is 1.61 bits per heavy atom. The van der Waals surface area contributed by atoms with Crippen molar-refractivity contribution >= 4 is 5.69 Å². The Labute approximate surface area is 169 Å². The third-order valence-corrected chi connectivity index (χ3v) is 3.90. The van der Waals surface area contributed by atoms with E-state index in [1.807, 2.05) is 14.1 Å². The number of benzene rings is 1. The van der Waals surface area contributed by atoms with E-state index in [2.05, 4.69) is 30.9 Å². The minimum atomic E-state index is 0.511. The van der Waals surface area contributed by atoms with Gasteiger partial charge in [0, 0.05) is 21.2 Å². The fraction of sp³-hybridized carbons (Fsp3) is 0.714. The summed E-state index contributed by atoms with van der Waals surface area (Å²) in [7, 11) is 5.69. The standard InChI is InChI=1S/C21H37NO6/c1-18-16-19(2)21(20(17-18)22(3)4)28-15-14-27-13-12-26-11-10-25-9-8-24-7-6-23-5/h16-17H,6-15H2,1-5H3. The van der Waals surface area contributed by atoms with E-state index in [1.165, 1.54) is 5.56 Å². The highest BCUT2D eigenvalue weighted by Crippen LogP contribution is 2.32. The summed E-state index contributed by atoms with van der Waals surface area (Å²) in [6.45, 7) is 9.71. The Balaban J connectivity index is 2.00. The smallest absolute Gasteiger partial charge is 0.145 e. The van der Waals surface area contributed by atoms with Gasteiger partial charge in [-0.15, -0.1) is 0 Å². The minimum absolute atomic E-state index is 0.511. The average Bonchev–Trinajstić information content (AvgIpc) is 2.65. The van der Waals surface area contributed by atoms with Crippen LogP contribution in [0.15, 0.2) is 12.1 Å². The predicted molar refractivity (Wildman–Crippen MR) is 111 cm³/mol. The topological polar surface area (TPSA) is 58.6 Å². The number of ether oxygens (including phenoxy) is 6. The molecule has 0 unspecified atom stereocenters. The maximum atomic E-state index is 5.94. The molecule has 0 saturated carbocycles. The van der Waals surface area contributed by atoms with Crippen LogP contribution >= 0.6 is 0 Å². The number of aryl methyl sites for hydroxylation is 2. The maximum absolute atomic E-state index is 5.94. The summed E-state index contributed by atoms with van der Waals surface area (Å²) < 4.78 is 32.6. The SMILES string of the molecule is COCCOCCOCCOCCOCCOc1c(C)cc(C)cc1N(C)C. The van der Waals surface area contributed by atoms with Crippen molar-refractivity contribution in [3.8, 4) is 5.75 Å². The zero-order valence-corrected chi connectivity index (χ0v) is 18.1. The number of rotatable bonds is 17. The van der Waals surface area contributed by atoms with Gasteiger partial charge in [-0.05, 0) is 31.0 Å². The number of hydrogen-bond donors (Lipinski definition) is 0. The normalized spacial score (nSPS) is 11.0. The summed E-state index contributed by atoms with van der Waals surface area (Å²) in [5.74, 6) is 0.916. The molecule has 1 aromatic rings. The molecular weight excluding hydrogens is 362 g/mol. The van der Waals surface area contributed by atoms with Crippen LogP contribution < -0.4 is 9.64 Å². The van der Waals surface area contributed by atoms with Crippen molar-refractivity contribution in [2.75, 3.05) is 92.2 Å². The number of hydrogen-bond acceptors (Lipinski definition) is 7. The van der Waals surface area contributed by atoms with Crippen LogP contribution in [-0.2, 0) is 23.7 Å². The number of nitrogens with zero attached hydrogens (tertiary/aromatic N) is 1. The molecule has 7 nitrogen and oxygen atoms in total. The van der Waals surface area contributed by atoms with Gasteiger partial charge in [-0.1, -0.05) is 6.07 Å². The van der Waals surface area contributed by atoms with Gasteiger partial charge >= 0.3 is 0 Å². The molecule has 0 fully saturated rings. The molecule has 0 atom stereocenters. The van der Waals surface area contributed by atoms with Crippen molar-refractivity contribution < 1.29 is 28.4 Å². The van der Waals surface area contributed by atoms with Gasteiger partial charge in [0.15, 0.2) is 0 Å². The van der Waals surface area contributed by atoms with Gasteiger partial charge in [0.1, 0.15) is 12.4 Å². The van der Waals surface area contributed by atoms with Crippen molar-refractivity contribution in [3.63, 3.8) is 0 Å². The van der Waals surface area contributed by atoms with E-state index in [1.54, 1.807) is 7.11 Å². The van der Waals surface area contributed by atoms with Crippen LogP contribution in [-0.4, -0.2) is 87.3 Å². The van der Waals surface area contributed by atoms with Crippen LogP contribution in [0.5, 0.6) is 5.75 Å².